The van der Waals surface area contributed by atoms with E-state index in [9.17, 15) is 9.59 Å². The van der Waals surface area contributed by atoms with Gasteiger partial charge in [-0.2, -0.15) is 0 Å². The van der Waals surface area contributed by atoms with Crippen molar-refractivity contribution in [3.05, 3.63) is 89.3 Å². The van der Waals surface area contributed by atoms with Crippen molar-refractivity contribution in [2.24, 2.45) is 0 Å². The smallest absolute Gasteiger partial charge is 0.294 e. The number of carbonyl (C=O) groups is 2. The molecule has 0 radical (unpaired) electrons. The van der Waals surface area contributed by atoms with Crippen LogP contribution in [0.3, 0.4) is 0 Å². The maximum absolute atomic E-state index is 13.6. The number of hydrogen-bond donors (Lipinski definition) is 1. The number of halogens is 1. The largest absolute Gasteiger partial charge is 0.459 e. The molecule has 4 rings (SSSR count). The van der Waals surface area contributed by atoms with Gasteiger partial charge in [-0.3, -0.25) is 14.5 Å². The molecule has 0 bridgehead atoms. The summed E-state index contributed by atoms with van der Waals surface area (Å²) in [6, 6.07) is 18.8. The lowest BCUT2D eigenvalue weighted by molar-refractivity contribution is -0.123. The Balaban J connectivity index is 1.77. The van der Waals surface area contributed by atoms with E-state index in [1.807, 2.05) is 30.3 Å². The van der Waals surface area contributed by atoms with Crippen molar-refractivity contribution in [1.29, 1.82) is 0 Å². The van der Waals surface area contributed by atoms with Gasteiger partial charge in [-0.15, -0.1) is 0 Å². The fourth-order valence-electron chi connectivity index (χ4n) is 4.11. The van der Waals surface area contributed by atoms with Gasteiger partial charge < -0.3 is 9.73 Å². The molecule has 2 amide bonds. The highest BCUT2D eigenvalue weighted by Crippen LogP contribution is 2.32. The van der Waals surface area contributed by atoms with E-state index in [2.05, 4.69) is 5.32 Å². The van der Waals surface area contributed by atoms with Gasteiger partial charge in [-0.05, 0) is 48.7 Å². The van der Waals surface area contributed by atoms with Gasteiger partial charge in [0.05, 0.1) is 6.26 Å². The van der Waals surface area contributed by atoms with Crippen LogP contribution in [0.25, 0.3) is 0 Å². The average Bonchev–Trinajstić information content (AvgIpc) is 3.33. The van der Waals surface area contributed by atoms with Crippen LogP contribution >= 0.6 is 11.6 Å². The Morgan fingerprint density at radius 3 is 2.42 bits per heavy atom. The summed E-state index contributed by atoms with van der Waals surface area (Å²) < 4.78 is 5.39. The summed E-state index contributed by atoms with van der Waals surface area (Å²) in [7, 11) is 0. The zero-order chi connectivity index (χ0) is 21.6. The van der Waals surface area contributed by atoms with Crippen LogP contribution in [0.15, 0.2) is 77.4 Å². The van der Waals surface area contributed by atoms with Crippen molar-refractivity contribution >= 4 is 29.1 Å². The van der Waals surface area contributed by atoms with Gasteiger partial charge in [0, 0.05) is 16.8 Å². The Kier molecular flexibility index (Phi) is 6.73. The number of hydrogen-bond acceptors (Lipinski definition) is 3. The Morgan fingerprint density at radius 1 is 0.968 bits per heavy atom. The van der Waals surface area contributed by atoms with Crippen LogP contribution in [-0.4, -0.2) is 17.9 Å². The zero-order valence-corrected chi connectivity index (χ0v) is 17.9. The minimum atomic E-state index is -0.862. The minimum absolute atomic E-state index is 0.118. The molecule has 1 fully saturated rings. The molecule has 1 heterocycles. The SMILES string of the molecule is O=C(NC1CCCCC1)[C@@H](c1ccccc1)N(C(=O)c1ccco1)c1cccc(Cl)c1. The van der Waals surface area contributed by atoms with Crippen LogP contribution in [0.1, 0.15) is 54.3 Å². The molecule has 0 saturated heterocycles. The second-order valence-corrected chi connectivity index (χ2v) is 8.23. The average molecular weight is 437 g/mol. The fraction of sp³-hybridized carbons (Fsp3) is 0.280. The second kappa shape index (κ2) is 9.84. The highest BCUT2D eigenvalue weighted by atomic mass is 35.5. The summed E-state index contributed by atoms with van der Waals surface area (Å²) in [5.74, 6) is -0.454. The Bertz CT molecular complexity index is 1010. The summed E-state index contributed by atoms with van der Waals surface area (Å²) in [6.45, 7) is 0. The third-order valence-electron chi connectivity index (χ3n) is 5.61. The van der Waals surface area contributed by atoms with Gasteiger partial charge in [-0.1, -0.05) is 67.3 Å². The number of nitrogens with zero attached hydrogens (tertiary/aromatic N) is 1. The molecule has 160 valence electrons. The summed E-state index contributed by atoms with van der Waals surface area (Å²) in [4.78, 5) is 28.6. The first-order valence-electron chi connectivity index (χ1n) is 10.6. The molecule has 3 aromatic rings. The van der Waals surface area contributed by atoms with Gasteiger partial charge >= 0.3 is 0 Å². The second-order valence-electron chi connectivity index (χ2n) is 7.79. The lowest BCUT2D eigenvalue weighted by Crippen LogP contribution is -2.47. The lowest BCUT2D eigenvalue weighted by Gasteiger charge is -2.33. The van der Waals surface area contributed by atoms with Gasteiger partial charge in [0.1, 0.15) is 6.04 Å². The van der Waals surface area contributed by atoms with E-state index in [0.717, 1.165) is 31.2 Å². The molecule has 5 nitrogen and oxygen atoms in total. The topological polar surface area (TPSA) is 62.6 Å². The summed E-state index contributed by atoms with van der Waals surface area (Å²) in [6.07, 6.45) is 6.75. The first-order chi connectivity index (χ1) is 15.1. The molecule has 6 heteroatoms. The van der Waals surface area contributed by atoms with Crippen LogP contribution in [0, 0.1) is 0 Å². The van der Waals surface area contributed by atoms with Crippen molar-refractivity contribution in [2.75, 3.05) is 4.90 Å². The quantitative estimate of drug-likeness (QED) is 0.533. The minimum Gasteiger partial charge on any atom is -0.459 e. The van der Waals surface area contributed by atoms with Gasteiger partial charge in [0.25, 0.3) is 5.91 Å². The standard InChI is InChI=1S/C25H25ClN2O3/c26-19-11-7-14-21(17-19)28(25(30)22-15-8-16-31-22)23(18-9-3-1-4-10-18)24(29)27-20-12-5-2-6-13-20/h1,3-4,7-11,14-17,20,23H,2,5-6,12-13H2,(H,27,29)/t23-/m1/s1. The molecule has 1 atom stereocenters. The Morgan fingerprint density at radius 2 is 1.74 bits per heavy atom. The van der Waals surface area contributed by atoms with Crippen LogP contribution in [0.2, 0.25) is 5.02 Å². The Labute approximate surface area is 187 Å². The van der Waals surface area contributed by atoms with Crippen LogP contribution in [0.5, 0.6) is 0 Å². The normalized spacial score (nSPS) is 15.3. The maximum Gasteiger partial charge on any atom is 0.294 e. The third-order valence-corrected chi connectivity index (χ3v) is 5.85. The zero-order valence-electron chi connectivity index (χ0n) is 17.2. The van der Waals surface area contributed by atoms with E-state index in [1.54, 1.807) is 36.4 Å². The van der Waals surface area contributed by atoms with E-state index < -0.39 is 11.9 Å². The molecule has 1 N–H and O–H groups in total. The summed E-state index contributed by atoms with van der Waals surface area (Å²) in [5, 5.41) is 3.67. The molecule has 1 aliphatic rings. The molecule has 0 aliphatic heterocycles. The molecule has 0 unspecified atom stereocenters. The lowest BCUT2D eigenvalue weighted by atomic mass is 9.94. The number of amides is 2. The highest BCUT2D eigenvalue weighted by Gasteiger charge is 2.35. The van der Waals surface area contributed by atoms with Crippen molar-refractivity contribution in [3.8, 4) is 0 Å². The van der Waals surface area contributed by atoms with Crippen LogP contribution in [0.4, 0.5) is 5.69 Å². The van der Waals surface area contributed by atoms with Crippen LogP contribution < -0.4 is 10.2 Å². The van der Waals surface area contributed by atoms with E-state index >= 15 is 0 Å². The van der Waals surface area contributed by atoms with Crippen molar-refractivity contribution in [1.82, 2.24) is 5.32 Å². The van der Waals surface area contributed by atoms with Gasteiger partial charge in [0.15, 0.2) is 5.76 Å². The first-order valence-corrected chi connectivity index (χ1v) is 11.0. The Hall–Kier alpha value is -3.05. The molecular weight excluding hydrogens is 412 g/mol. The van der Waals surface area contributed by atoms with Crippen molar-refractivity contribution < 1.29 is 14.0 Å². The number of nitrogens with one attached hydrogen (secondary N) is 1. The number of furan rings is 1. The molecular formula is C25H25ClN2O3. The predicted molar refractivity (Wildman–Crippen MR) is 121 cm³/mol. The number of anilines is 1. The van der Waals surface area contributed by atoms with Crippen molar-refractivity contribution in [2.45, 2.75) is 44.2 Å². The van der Waals surface area contributed by atoms with E-state index in [-0.39, 0.29) is 17.7 Å². The third kappa shape index (κ3) is 5.00. The maximum atomic E-state index is 13.6. The molecule has 0 spiro atoms. The van der Waals surface area contributed by atoms with Gasteiger partial charge in [0.2, 0.25) is 5.91 Å². The van der Waals surface area contributed by atoms with Crippen molar-refractivity contribution in [3.63, 3.8) is 0 Å². The van der Waals surface area contributed by atoms with Crippen LogP contribution in [-0.2, 0) is 4.79 Å². The molecule has 1 saturated carbocycles. The predicted octanol–water partition coefficient (Wildman–Crippen LogP) is 5.77. The molecule has 2 aromatic carbocycles. The highest BCUT2D eigenvalue weighted by molar-refractivity contribution is 6.31. The number of carbonyl (C=O) groups excluding carboxylic acids is 2. The number of rotatable bonds is 6. The summed E-state index contributed by atoms with van der Waals surface area (Å²) >= 11 is 6.24. The molecule has 31 heavy (non-hydrogen) atoms. The number of benzene rings is 2. The summed E-state index contributed by atoms with van der Waals surface area (Å²) in [5.41, 5.74) is 1.25. The van der Waals surface area contributed by atoms with E-state index in [4.69, 9.17) is 16.0 Å². The first kappa shape index (κ1) is 21.2. The van der Waals surface area contributed by atoms with Gasteiger partial charge in [-0.25, -0.2) is 0 Å². The van der Waals surface area contributed by atoms with E-state index in [1.165, 1.54) is 17.6 Å². The monoisotopic (exact) mass is 436 g/mol. The molecule has 1 aromatic heterocycles. The fourth-order valence-corrected chi connectivity index (χ4v) is 4.29. The molecule has 1 aliphatic carbocycles. The van der Waals surface area contributed by atoms with E-state index in [0.29, 0.717) is 10.7 Å².